The third kappa shape index (κ3) is 3.17. The third-order valence-corrected chi connectivity index (χ3v) is 3.98. The second kappa shape index (κ2) is 6.73. The standard InChI is InChI=1S/C15H26N4/c1-4-8-16-14-13(6-3)15(18-11-17-14)19-9-7-12(5-2)10-19/h11-12H,4-10H2,1-3H3,(H,16,17,18). The van der Waals surface area contributed by atoms with E-state index < -0.39 is 0 Å². The molecule has 19 heavy (non-hydrogen) atoms. The molecule has 1 unspecified atom stereocenters. The van der Waals surface area contributed by atoms with Crippen molar-refractivity contribution >= 4 is 11.6 Å². The summed E-state index contributed by atoms with van der Waals surface area (Å²) in [5, 5.41) is 3.43. The van der Waals surface area contributed by atoms with Gasteiger partial charge >= 0.3 is 0 Å². The highest BCUT2D eigenvalue weighted by Crippen LogP contribution is 2.29. The van der Waals surface area contributed by atoms with Crippen molar-refractivity contribution in [3.05, 3.63) is 11.9 Å². The van der Waals surface area contributed by atoms with Crippen LogP contribution in [-0.4, -0.2) is 29.6 Å². The topological polar surface area (TPSA) is 41.1 Å². The zero-order chi connectivity index (χ0) is 13.7. The molecule has 1 N–H and O–H groups in total. The van der Waals surface area contributed by atoms with Crippen LogP contribution in [0.1, 0.15) is 45.6 Å². The second-order valence-electron chi connectivity index (χ2n) is 5.31. The van der Waals surface area contributed by atoms with E-state index in [0.717, 1.165) is 50.0 Å². The van der Waals surface area contributed by atoms with Gasteiger partial charge in [-0.2, -0.15) is 0 Å². The molecule has 4 nitrogen and oxygen atoms in total. The Balaban J connectivity index is 2.20. The minimum Gasteiger partial charge on any atom is -0.370 e. The Morgan fingerprint density at radius 1 is 1.32 bits per heavy atom. The van der Waals surface area contributed by atoms with Crippen LogP contribution in [0.2, 0.25) is 0 Å². The largest absolute Gasteiger partial charge is 0.370 e. The lowest BCUT2D eigenvalue weighted by molar-refractivity contribution is 0.568. The molecule has 1 fully saturated rings. The van der Waals surface area contributed by atoms with Gasteiger partial charge in [0.25, 0.3) is 0 Å². The first-order valence-electron chi connectivity index (χ1n) is 7.62. The van der Waals surface area contributed by atoms with Crippen molar-refractivity contribution in [2.75, 3.05) is 29.9 Å². The van der Waals surface area contributed by atoms with Crippen LogP contribution >= 0.6 is 0 Å². The highest BCUT2D eigenvalue weighted by atomic mass is 15.2. The summed E-state index contributed by atoms with van der Waals surface area (Å²) in [7, 11) is 0. The van der Waals surface area contributed by atoms with Gasteiger partial charge in [0.05, 0.1) is 0 Å². The predicted molar refractivity (Wildman–Crippen MR) is 80.8 cm³/mol. The average Bonchev–Trinajstić information content (AvgIpc) is 2.93. The molecule has 1 saturated heterocycles. The van der Waals surface area contributed by atoms with Crippen molar-refractivity contribution in [1.29, 1.82) is 0 Å². The van der Waals surface area contributed by atoms with Gasteiger partial charge in [-0.05, 0) is 25.2 Å². The lowest BCUT2D eigenvalue weighted by Crippen LogP contribution is -2.23. The summed E-state index contributed by atoms with van der Waals surface area (Å²) in [6.07, 6.45) is 6.36. The van der Waals surface area contributed by atoms with Crippen molar-refractivity contribution in [3.8, 4) is 0 Å². The molecule has 0 aliphatic carbocycles. The smallest absolute Gasteiger partial charge is 0.137 e. The van der Waals surface area contributed by atoms with Crippen LogP contribution < -0.4 is 10.2 Å². The minimum atomic E-state index is 0.826. The van der Waals surface area contributed by atoms with Crippen molar-refractivity contribution in [1.82, 2.24) is 9.97 Å². The maximum atomic E-state index is 4.54. The van der Waals surface area contributed by atoms with Gasteiger partial charge in [-0.3, -0.25) is 0 Å². The number of hydrogen-bond donors (Lipinski definition) is 1. The van der Waals surface area contributed by atoms with Crippen LogP contribution in [0.15, 0.2) is 6.33 Å². The average molecular weight is 262 g/mol. The Bertz CT molecular complexity index is 405. The number of rotatable bonds is 6. The Morgan fingerprint density at radius 3 is 2.79 bits per heavy atom. The lowest BCUT2D eigenvalue weighted by atomic mass is 10.1. The Kier molecular flexibility index (Phi) is 5.00. The summed E-state index contributed by atoms with van der Waals surface area (Å²) in [5.74, 6) is 2.99. The van der Waals surface area contributed by atoms with E-state index in [2.05, 4.69) is 41.0 Å². The molecule has 2 rings (SSSR count). The van der Waals surface area contributed by atoms with Gasteiger partial charge in [0, 0.05) is 25.2 Å². The van der Waals surface area contributed by atoms with Gasteiger partial charge in [-0.15, -0.1) is 0 Å². The number of nitrogens with one attached hydrogen (secondary N) is 1. The van der Waals surface area contributed by atoms with Crippen LogP contribution in [0.3, 0.4) is 0 Å². The molecule has 4 heteroatoms. The lowest BCUT2D eigenvalue weighted by Gasteiger charge is -2.22. The maximum absolute atomic E-state index is 4.54. The Hall–Kier alpha value is -1.32. The van der Waals surface area contributed by atoms with E-state index >= 15 is 0 Å². The first kappa shape index (κ1) is 14.1. The Labute approximate surface area is 116 Å². The summed E-state index contributed by atoms with van der Waals surface area (Å²) in [4.78, 5) is 11.4. The van der Waals surface area contributed by atoms with E-state index in [0.29, 0.717) is 0 Å². The zero-order valence-corrected chi connectivity index (χ0v) is 12.4. The Morgan fingerprint density at radius 2 is 2.16 bits per heavy atom. The van der Waals surface area contributed by atoms with E-state index in [9.17, 15) is 0 Å². The summed E-state index contributed by atoms with van der Waals surface area (Å²) < 4.78 is 0. The van der Waals surface area contributed by atoms with Crippen molar-refractivity contribution < 1.29 is 0 Å². The van der Waals surface area contributed by atoms with Gasteiger partial charge < -0.3 is 10.2 Å². The molecule has 0 amide bonds. The molecule has 1 aromatic rings. The van der Waals surface area contributed by atoms with E-state index in [-0.39, 0.29) is 0 Å². The summed E-state index contributed by atoms with van der Waals surface area (Å²) in [6.45, 7) is 9.90. The maximum Gasteiger partial charge on any atom is 0.137 e. The van der Waals surface area contributed by atoms with Crippen LogP contribution in [0, 0.1) is 5.92 Å². The zero-order valence-electron chi connectivity index (χ0n) is 12.4. The monoisotopic (exact) mass is 262 g/mol. The fourth-order valence-electron chi connectivity index (χ4n) is 2.76. The molecule has 1 aromatic heterocycles. The van der Waals surface area contributed by atoms with E-state index in [1.54, 1.807) is 6.33 Å². The van der Waals surface area contributed by atoms with Crippen LogP contribution in [-0.2, 0) is 6.42 Å². The molecule has 2 heterocycles. The molecule has 106 valence electrons. The fraction of sp³-hybridized carbons (Fsp3) is 0.733. The highest BCUT2D eigenvalue weighted by Gasteiger charge is 2.24. The predicted octanol–water partition coefficient (Wildman–Crippen LogP) is 3.10. The number of anilines is 2. The number of aromatic nitrogens is 2. The van der Waals surface area contributed by atoms with Crippen molar-refractivity contribution in [2.45, 2.75) is 46.5 Å². The van der Waals surface area contributed by atoms with Gasteiger partial charge in [0.15, 0.2) is 0 Å². The minimum absolute atomic E-state index is 0.826. The molecular weight excluding hydrogens is 236 g/mol. The number of nitrogens with zero attached hydrogens (tertiary/aromatic N) is 3. The van der Waals surface area contributed by atoms with E-state index in [1.807, 2.05) is 0 Å². The molecule has 0 spiro atoms. The quantitative estimate of drug-likeness (QED) is 0.855. The van der Waals surface area contributed by atoms with E-state index in [4.69, 9.17) is 0 Å². The van der Waals surface area contributed by atoms with Crippen LogP contribution in [0.25, 0.3) is 0 Å². The highest BCUT2D eigenvalue weighted by molar-refractivity contribution is 5.59. The van der Waals surface area contributed by atoms with Gasteiger partial charge in [-0.25, -0.2) is 9.97 Å². The molecule has 0 saturated carbocycles. The number of hydrogen-bond acceptors (Lipinski definition) is 4. The van der Waals surface area contributed by atoms with Crippen molar-refractivity contribution in [2.24, 2.45) is 5.92 Å². The second-order valence-corrected chi connectivity index (χ2v) is 5.31. The van der Waals surface area contributed by atoms with Crippen LogP contribution in [0.5, 0.6) is 0 Å². The first-order valence-corrected chi connectivity index (χ1v) is 7.62. The molecule has 0 radical (unpaired) electrons. The summed E-state index contributed by atoms with van der Waals surface area (Å²) >= 11 is 0. The summed E-state index contributed by atoms with van der Waals surface area (Å²) in [6, 6.07) is 0. The van der Waals surface area contributed by atoms with Gasteiger partial charge in [-0.1, -0.05) is 27.2 Å². The summed E-state index contributed by atoms with van der Waals surface area (Å²) in [5.41, 5.74) is 1.27. The SMILES string of the molecule is CCCNc1ncnc(N2CCC(CC)C2)c1CC. The molecule has 0 aromatic carbocycles. The molecule has 1 aliphatic heterocycles. The van der Waals surface area contributed by atoms with Gasteiger partial charge in [0.2, 0.25) is 0 Å². The third-order valence-electron chi connectivity index (χ3n) is 3.98. The molecule has 1 atom stereocenters. The van der Waals surface area contributed by atoms with Crippen molar-refractivity contribution in [3.63, 3.8) is 0 Å². The first-order chi connectivity index (χ1) is 9.30. The molecule has 1 aliphatic rings. The molecule has 0 bridgehead atoms. The van der Waals surface area contributed by atoms with Crippen LogP contribution in [0.4, 0.5) is 11.6 Å². The normalized spacial score (nSPS) is 18.9. The fourth-order valence-corrected chi connectivity index (χ4v) is 2.76. The van der Waals surface area contributed by atoms with E-state index in [1.165, 1.54) is 18.4 Å². The molecular formula is C15H26N4. The van der Waals surface area contributed by atoms with Gasteiger partial charge in [0.1, 0.15) is 18.0 Å².